The zero-order valence-corrected chi connectivity index (χ0v) is 40.9. The third-order valence-corrected chi connectivity index (χ3v) is 12.9. The summed E-state index contributed by atoms with van der Waals surface area (Å²) in [6.45, 7) is 0. The van der Waals surface area contributed by atoms with Crippen LogP contribution in [0.15, 0.2) is 143 Å². The molecule has 2 heterocycles. The zero-order valence-electron chi connectivity index (χ0n) is 37.9. The number of hydrogen-bond acceptors (Lipinski definition) is 9. The molecule has 0 unspecified atom stereocenters. The van der Waals surface area contributed by atoms with Gasteiger partial charge in [-0.3, -0.25) is 29.3 Å². The van der Waals surface area contributed by atoms with Crippen molar-refractivity contribution in [3.05, 3.63) is 207 Å². The van der Waals surface area contributed by atoms with Gasteiger partial charge in [0.1, 0.15) is 12.1 Å². The Labute approximate surface area is 428 Å². The molecule has 0 bridgehead atoms. The van der Waals surface area contributed by atoms with Gasteiger partial charge in [0.2, 0.25) is 0 Å². The molecule has 72 heavy (non-hydrogen) atoms. The third-order valence-electron chi connectivity index (χ3n) is 11.7. The van der Waals surface area contributed by atoms with Crippen molar-refractivity contribution in [2.24, 2.45) is 14.1 Å². The number of nitrogens with two attached hydrogens (primary N) is 1. The van der Waals surface area contributed by atoms with E-state index in [0.717, 1.165) is 10.9 Å². The van der Waals surface area contributed by atoms with E-state index in [0.29, 0.717) is 50.0 Å². The smallest absolute Gasteiger partial charge is 0.326 e. The molecule has 2 amide bonds. The van der Waals surface area contributed by atoms with Crippen LogP contribution in [-0.2, 0) is 36.5 Å². The first-order valence-corrected chi connectivity index (χ1v) is 23.0. The van der Waals surface area contributed by atoms with Gasteiger partial charge < -0.3 is 35.7 Å². The lowest BCUT2D eigenvalue weighted by molar-refractivity contribution is -0.384. The molecule has 2 atom stereocenters. The van der Waals surface area contributed by atoms with Gasteiger partial charge in [-0.25, -0.2) is 9.59 Å². The lowest BCUT2D eigenvalue weighted by Crippen LogP contribution is -2.42. The number of nitrogen functional groups attached to an aromatic ring is 1. The van der Waals surface area contributed by atoms with Crippen LogP contribution in [-0.4, -0.2) is 60.1 Å². The molecule has 0 spiro atoms. The number of rotatable bonds is 13. The van der Waals surface area contributed by atoms with Gasteiger partial charge in [-0.2, -0.15) is 0 Å². The number of nitro groups is 1. The maximum absolute atomic E-state index is 12.9. The van der Waals surface area contributed by atoms with Crippen LogP contribution in [0.25, 0.3) is 44.1 Å². The lowest BCUT2D eigenvalue weighted by atomic mass is 10.00. The summed E-state index contributed by atoms with van der Waals surface area (Å²) in [5.41, 5.74) is 10.6. The number of nitrogens with zero attached hydrogens (tertiary/aromatic N) is 3. The predicted molar refractivity (Wildman–Crippen MR) is 278 cm³/mol. The molecule has 0 radical (unpaired) electrons. The highest BCUT2D eigenvalue weighted by Crippen LogP contribution is 2.28. The number of pyridine rings is 2. The topological polar surface area (TPSA) is 246 Å². The van der Waals surface area contributed by atoms with Crippen molar-refractivity contribution in [2.45, 2.75) is 24.9 Å². The number of amides is 2. The number of halogens is 4. The maximum atomic E-state index is 12.9. The number of non-ortho nitro benzene ring substituents is 1. The molecule has 8 aromatic rings. The van der Waals surface area contributed by atoms with Crippen molar-refractivity contribution in [3.63, 3.8) is 0 Å². The standard InChI is InChI=1S/C26H19Cl2N3O6.C26H21Cl2N3O4/c1-30-22-10-9-17(31(36)37)12-16(22)13-18(25(30)33)15-7-5-14(6-8-15)11-21(26(34)35)29-24(32)23-19(27)3-2-4-20(23)28;1-31-22-10-9-17(29)12-16(22)13-18(25(31)33)15-7-5-14(6-8-15)11-21(26(34)35)30-24(32)23-19(27)3-2-4-20(23)28/h2-10,12-13,21H,11H2,1H3,(H,29,32)(H,34,35);2-10,12-13,21H,11,29H2,1H3,(H,30,32)(H,34,35)/t2*21-/m00/s1. The number of carbonyl (C=O) groups excluding carboxylic acids is 2. The number of hydrogen-bond donors (Lipinski definition) is 5. The van der Waals surface area contributed by atoms with Gasteiger partial charge in [0.25, 0.3) is 28.6 Å². The fourth-order valence-electron chi connectivity index (χ4n) is 7.90. The molecule has 2 aromatic heterocycles. The van der Waals surface area contributed by atoms with Crippen LogP contribution < -0.4 is 27.5 Å². The molecule has 0 aliphatic heterocycles. The largest absolute Gasteiger partial charge is 0.480 e. The number of carbonyl (C=O) groups is 4. The summed E-state index contributed by atoms with van der Waals surface area (Å²) in [6.07, 6.45) is -0.0129. The van der Waals surface area contributed by atoms with E-state index >= 15 is 0 Å². The Morgan fingerprint density at radius 2 is 0.958 bits per heavy atom. The third kappa shape index (κ3) is 11.4. The average Bonchev–Trinajstić information content (AvgIpc) is 3.33. The van der Waals surface area contributed by atoms with E-state index in [9.17, 15) is 49.1 Å². The highest BCUT2D eigenvalue weighted by atomic mass is 35.5. The van der Waals surface area contributed by atoms with Crippen LogP contribution in [0.4, 0.5) is 11.4 Å². The highest BCUT2D eigenvalue weighted by Gasteiger charge is 2.26. The van der Waals surface area contributed by atoms with Crippen LogP contribution >= 0.6 is 46.4 Å². The summed E-state index contributed by atoms with van der Waals surface area (Å²) >= 11 is 24.2. The van der Waals surface area contributed by atoms with Crippen LogP contribution in [0.5, 0.6) is 0 Å². The molecule has 0 saturated carbocycles. The minimum Gasteiger partial charge on any atom is -0.480 e. The number of carboxylic acid groups (broad SMARTS) is 2. The molecule has 8 rings (SSSR count). The number of aromatic nitrogens is 2. The van der Waals surface area contributed by atoms with E-state index in [2.05, 4.69) is 10.6 Å². The normalized spacial score (nSPS) is 11.8. The van der Waals surface area contributed by atoms with Gasteiger partial charge in [0, 0.05) is 66.7 Å². The first-order valence-electron chi connectivity index (χ1n) is 21.5. The number of aryl methyl sites for hydroxylation is 2. The Morgan fingerprint density at radius 1 is 0.583 bits per heavy atom. The van der Waals surface area contributed by atoms with E-state index in [1.165, 1.54) is 47.0 Å². The second-order valence-electron chi connectivity index (χ2n) is 16.4. The van der Waals surface area contributed by atoms with Crippen molar-refractivity contribution in [3.8, 4) is 22.3 Å². The predicted octanol–water partition coefficient (Wildman–Crippen LogP) is 9.37. The van der Waals surface area contributed by atoms with E-state index in [4.69, 9.17) is 52.1 Å². The number of benzene rings is 6. The molecular formula is C52H40Cl4N6O10. The Hall–Kier alpha value is -8.02. The summed E-state index contributed by atoms with van der Waals surface area (Å²) in [5.74, 6) is -3.84. The van der Waals surface area contributed by atoms with Crippen molar-refractivity contribution < 1.29 is 34.3 Å². The van der Waals surface area contributed by atoms with E-state index in [1.807, 2.05) is 0 Å². The fraction of sp³-hybridized carbons (Fsp3) is 0.115. The quantitative estimate of drug-likeness (QED) is 0.0414. The van der Waals surface area contributed by atoms with Crippen LogP contribution in [0.3, 0.4) is 0 Å². The molecule has 20 heteroatoms. The highest BCUT2D eigenvalue weighted by molar-refractivity contribution is 6.40. The van der Waals surface area contributed by atoms with Gasteiger partial charge in [-0.15, -0.1) is 0 Å². The lowest BCUT2D eigenvalue weighted by Gasteiger charge is -2.16. The van der Waals surface area contributed by atoms with Crippen molar-refractivity contribution >= 4 is 103 Å². The number of fused-ring (bicyclic) bond motifs is 2. The fourth-order valence-corrected chi connectivity index (χ4v) is 9.04. The summed E-state index contributed by atoms with van der Waals surface area (Å²) in [6, 6.07) is 33.2. The van der Waals surface area contributed by atoms with Crippen molar-refractivity contribution in [1.29, 1.82) is 0 Å². The van der Waals surface area contributed by atoms with E-state index < -0.39 is 40.8 Å². The molecule has 16 nitrogen and oxygen atoms in total. The number of carboxylic acids is 2. The Balaban J connectivity index is 0.000000212. The first kappa shape index (κ1) is 51.8. The second kappa shape index (κ2) is 22.0. The number of nitro benzene ring substituents is 1. The average molecular weight is 1050 g/mol. The summed E-state index contributed by atoms with van der Waals surface area (Å²) < 4.78 is 2.98. The van der Waals surface area contributed by atoms with Gasteiger partial charge >= 0.3 is 11.9 Å². The minimum atomic E-state index is -1.26. The van der Waals surface area contributed by atoms with E-state index in [-0.39, 0.29) is 60.9 Å². The monoisotopic (exact) mass is 1050 g/mol. The van der Waals surface area contributed by atoms with E-state index in [1.54, 1.807) is 110 Å². The van der Waals surface area contributed by atoms with Crippen molar-refractivity contribution in [1.82, 2.24) is 19.8 Å². The van der Waals surface area contributed by atoms with Crippen LogP contribution in [0, 0.1) is 10.1 Å². The van der Waals surface area contributed by atoms with Crippen LogP contribution in [0.2, 0.25) is 20.1 Å². The summed E-state index contributed by atoms with van der Waals surface area (Å²) in [7, 11) is 3.28. The molecule has 0 fully saturated rings. The Morgan fingerprint density at radius 3 is 1.33 bits per heavy atom. The molecule has 0 aliphatic rings. The first-order chi connectivity index (χ1) is 34.2. The Kier molecular flexibility index (Phi) is 15.8. The number of aliphatic carboxylic acids is 2. The zero-order chi connectivity index (χ0) is 52.1. The van der Waals surface area contributed by atoms with Crippen molar-refractivity contribution in [2.75, 3.05) is 5.73 Å². The molecule has 6 aromatic carbocycles. The maximum Gasteiger partial charge on any atom is 0.326 e. The Bertz CT molecular complexity index is 3560. The molecule has 0 aliphatic carbocycles. The number of nitrogens with one attached hydrogen (secondary N) is 2. The molecule has 6 N–H and O–H groups in total. The summed E-state index contributed by atoms with van der Waals surface area (Å²) in [5, 5.41) is 37.2. The van der Waals surface area contributed by atoms with Gasteiger partial charge in [-0.1, -0.05) is 107 Å². The summed E-state index contributed by atoms with van der Waals surface area (Å²) in [4.78, 5) is 85.5. The molecular weight excluding hydrogens is 1010 g/mol. The SMILES string of the molecule is Cn1c(=O)c(-c2ccc(C[C@H](NC(=O)c3c(Cl)cccc3Cl)C(=O)O)cc2)cc2cc(N)ccc21.Cn1c(=O)c(-c2ccc(C[C@H](NC(=O)c3c(Cl)cccc3Cl)C(=O)O)cc2)cc2cc([N+](=O)[O-])ccc21. The minimum absolute atomic E-state index is 0.0141. The van der Waals surface area contributed by atoms with Gasteiger partial charge in [-0.05, 0) is 82.9 Å². The number of anilines is 1. The molecule has 366 valence electrons. The van der Waals surface area contributed by atoms with Gasteiger partial charge in [0.05, 0.1) is 47.2 Å². The molecule has 0 saturated heterocycles. The van der Waals surface area contributed by atoms with Crippen LogP contribution in [0.1, 0.15) is 31.8 Å². The van der Waals surface area contributed by atoms with Gasteiger partial charge in [0.15, 0.2) is 0 Å². The second-order valence-corrected chi connectivity index (χ2v) is 18.0.